The number of ether oxygens (including phenoxy) is 1. The van der Waals surface area contributed by atoms with Crippen molar-refractivity contribution >= 4 is 11.8 Å². The summed E-state index contributed by atoms with van der Waals surface area (Å²) in [7, 11) is 0. The molecule has 2 aliphatic rings. The molecule has 0 radical (unpaired) electrons. The highest BCUT2D eigenvalue weighted by molar-refractivity contribution is 5.45. The van der Waals surface area contributed by atoms with Crippen molar-refractivity contribution in [2.75, 3.05) is 36.0 Å². The molecule has 3 heterocycles. The highest BCUT2D eigenvalue weighted by Crippen LogP contribution is 2.25. The maximum absolute atomic E-state index is 13.3. The maximum atomic E-state index is 13.3. The first-order valence-electron chi connectivity index (χ1n) is 10.6. The Morgan fingerprint density at radius 1 is 1.21 bits per heavy atom. The first-order chi connectivity index (χ1) is 14.1. The van der Waals surface area contributed by atoms with Gasteiger partial charge < -0.3 is 14.5 Å². The molecule has 0 bridgehead atoms. The maximum Gasteiger partial charge on any atom is 0.254 e. The van der Waals surface area contributed by atoms with E-state index in [0.29, 0.717) is 18.4 Å². The van der Waals surface area contributed by atoms with Crippen LogP contribution in [0.1, 0.15) is 38.2 Å². The summed E-state index contributed by atoms with van der Waals surface area (Å²) in [4.78, 5) is 24.6. The number of aromatic amines is 1. The average Bonchev–Trinajstić information content (AvgIpc) is 2.95. The van der Waals surface area contributed by atoms with Gasteiger partial charge in [0.25, 0.3) is 5.56 Å². The van der Waals surface area contributed by atoms with Gasteiger partial charge in [-0.3, -0.25) is 9.78 Å². The Balaban J connectivity index is 1.61. The number of aromatic nitrogens is 2. The fraction of sp³-hybridized carbons (Fsp3) is 0.545. The van der Waals surface area contributed by atoms with Crippen molar-refractivity contribution in [2.45, 2.75) is 51.2 Å². The number of nitrogens with zero attached hydrogens (tertiary/aromatic N) is 3. The minimum absolute atomic E-state index is 0.123. The Kier molecular flexibility index (Phi) is 6.13. The summed E-state index contributed by atoms with van der Waals surface area (Å²) in [5.74, 6) is 1.13. The standard InChI is InChI=1S/C22H29FN4O2/c1-16-15-26(11-12-29-16)20-14-21(28)25-22(24-20)27-10-4-2-3-5-19(27)13-17-6-8-18(23)9-7-17/h6-9,14,16,19H,2-5,10-13,15H2,1H3,(H,24,25,28). The molecular weight excluding hydrogens is 371 g/mol. The van der Waals surface area contributed by atoms with E-state index in [0.717, 1.165) is 50.9 Å². The number of hydrogen-bond donors (Lipinski definition) is 1. The van der Waals surface area contributed by atoms with Gasteiger partial charge in [-0.25, -0.2) is 4.39 Å². The Morgan fingerprint density at radius 3 is 2.83 bits per heavy atom. The third-order valence-electron chi connectivity index (χ3n) is 5.81. The number of rotatable bonds is 4. The molecule has 2 atom stereocenters. The minimum atomic E-state index is -0.218. The van der Waals surface area contributed by atoms with Gasteiger partial charge in [0.15, 0.2) is 0 Å². The fourth-order valence-electron chi connectivity index (χ4n) is 4.32. The van der Waals surface area contributed by atoms with E-state index in [9.17, 15) is 9.18 Å². The Bertz CT molecular complexity index is 870. The number of H-pyrrole nitrogens is 1. The summed E-state index contributed by atoms with van der Waals surface area (Å²) in [5, 5.41) is 0. The van der Waals surface area contributed by atoms with Gasteiger partial charge in [0, 0.05) is 31.7 Å². The van der Waals surface area contributed by atoms with Crippen LogP contribution in [0.3, 0.4) is 0 Å². The van der Waals surface area contributed by atoms with Crippen molar-refractivity contribution in [3.63, 3.8) is 0 Å². The smallest absolute Gasteiger partial charge is 0.254 e. The molecule has 1 aromatic carbocycles. The van der Waals surface area contributed by atoms with Crippen molar-refractivity contribution in [2.24, 2.45) is 0 Å². The molecule has 2 fully saturated rings. The van der Waals surface area contributed by atoms with Crippen LogP contribution in [0.15, 0.2) is 35.1 Å². The van der Waals surface area contributed by atoms with Gasteiger partial charge in [-0.2, -0.15) is 4.98 Å². The second-order valence-corrected chi connectivity index (χ2v) is 8.08. The zero-order valence-electron chi connectivity index (χ0n) is 16.9. The average molecular weight is 400 g/mol. The molecule has 2 aromatic rings. The quantitative estimate of drug-likeness (QED) is 0.855. The molecule has 0 saturated carbocycles. The van der Waals surface area contributed by atoms with Crippen molar-refractivity contribution in [3.8, 4) is 0 Å². The molecule has 2 saturated heterocycles. The summed E-state index contributed by atoms with van der Waals surface area (Å²) in [6.07, 6.45) is 5.34. The second kappa shape index (κ2) is 8.95. The van der Waals surface area contributed by atoms with Gasteiger partial charge in [-0.15, -0.1) is 0 Å². The predicted octanol–water partition coefficient (Wildman–Crippen LogP) is 3.13. The molecule has 29 heavy (non-hydrogen) atoms. The van der Waals surface area contributed by atoms with E-state index in [1.807, 2.05) is 19.1 Å². The van der Waals surface area contributed by atoms with E-state index < -0.39 is 0 Å². The number of hydrogen-bond acceptors (Lipinski definition) is 5. The highest BCUT2D eigenvalue weighted by Gasteiger charge is 2.25. The van der Waals surface area contributed by atoms with Crippen LogP contribution in [0.4, 0.5) is 16.2 Å². The van der Waals surface area contributed by atoms with Crippen LogP contribution >= 0.6 is 0 Å². The number of halogens is 1. The molecule has 6 nitrogen and oxygen atoms in total. The van der Waals surface area contributed by atoms with Gasteiger partial charge in [0.1, 0.15) is 11.6 Å². The second-order valence-electron chi connectivity index (χ2n) is 8.08. The summed E-state index contributed by atoms with van der Waals surface area (Å²) >= 11 is 0. The number of benzene rings is 1. The molecular formula is C22H29FN4O2. The fourth-order valence-corrected chi connectivity index (χ4v) is 4.32. The summed E-state index contributed by atoms with van der Waals surface area (Å²) in [6, 6.07) is 8.52. The number of anilines is 2. The Hall–Kier alpha value is -2.41. The number of nitrogens with one attached hydrogen (secondary N) is 1. The summed E-state index contributed by atoms with van der Waals surface area (Å²) in [6.45, 7) is 5.00. The van der Waals surface area contributed by atoms with Crippen LogP contribution in [0.5, 0.6) is 0 Å². The van der Waals surface area contributed by atoms with Crippen molar-refractivity contribution < 1.29 is 9.13 Å². The van der Waals surface area contributed by atoms with Crippen LogP contribution in [0.25, 0.3) is 0 Å². The minimum Gasteiger partial charge on any atom is -0.375 e. The van der Waals surface area contributed by atoms with E-state index in [4.69, 9.17) is 9.72 Å². The van der Waals surface area contributed by atoms with E-state index in [2.05, 4.69) is 14.8 Å². The molecule has 0 spiro atoms. The van der Waals surface area contributed by atoms with Gasteiger partial charge in [-0.05, 0) is 43.9 Å². The number of morpholine rings is 1. The molecule has 1 aromatic heterocycles. The monoisotopic (exact) mass is 400 g/mol. The van der Waals surface area contributed by atoms with Gasteiger partial charge in [-0.1, -0.05) is 25.0 Å². The molecule has 4 rings (SSSR count). The van der Waals surface area contributed by atoms with Crippen LogP contribution in [-0.2, 0) is 11.2 Å². The molecule has 0 aliphatic carbocycles. The molecule has 156 valence electrons. The van der Waals surface area contributed by atoms with Crippen molar-refractivity contribution in [3.05, 3.63) is 52.1 Å². The highest BCUT2D eigenvalue weighted by atomic mass is 19.1. The lowest BCUT2D eigenvalue weighted by molar-refractivity contribution is 0.0529. The van der Waals surface area contributed by atoms with Crippen LogP contribution in [-0.4, -0.2) is 48.4 Å². The lowest BCUT2D eigenvalue weighted by Gasteiger charge is -2.34. The predicted molar refractivity (Wildman–Crippen MR) is 112 cm³/mol. The molecule has 0 amide bonds. The molecule has 1 N–H and O–H groups in total. The molecule has 2 unspecified atom stereocenters. The Morgan fingerprint density at radius 2 is 2.03 bits per heavy atom. The van der Waals surface area contributed by atoms with Crippen LogP contribution in [0.2, 0.25) is 0 Å². The van der Waals surface area contributed by atoms with Gasteiger partial charge in [0.05, 0.1) is 12.7 Å². The van der Waals surface area contributed by atoms with Crippen molar-refractivity contribution in [1.82, 2.24) is 9.97 Å². The van der Waals surface area contributed by atoms with E-state index >= 15 is 0 Å². The summed E-state index contributed by atoms with van der Waals surface area (Å²) < 4.78 is 18.9. The first kappa shape index (κ1) is 19.9. The lowest BCUT2D eigenvalue weighted by Crippen LogP contribution is -2.43. The van der Waals surface area contributed by atoms with Crippen molar-refractivity contribution in [1.29, 1.82) is 0 Å². The van der Waals surface area contributed by atoms with E-state index in [1.54, 1.807) is 6.07 Å². The first-order valence-corrected chi connectivity index (χ1v) is 10.6. The normalized spacial score (nSPS) is 23.1. The van der Waals surface area contributed by atoms with Crippen LogP contribution in [0, 0.1) is 5.82 Å². The van der Waals surface area contributed by atoms with Gasteiger partial charge >= 0.3 is 0 Å². The van der Waals surface area contributed by atoms with Crippen LogP contribution < -0.4 is 15.4 Å². The van der Waals surface area contributed by atoms with E-state index in [1.165, 1.54) is 18.6 Å². The third-order valence-corrected chi connectivity index (χ3v) is 5.81. The van der Waals surface area contributed by atoms with Gasteiger partial charge in [0.2, 0.25) is 5.95 Å². The summed E-state index contributed by atoms with van der Waals surface area (Å²) in [5.41, 5.74) is 0.970. The van der Waals surface area contributed by atoms with E-state index in [-0.39, 0.29) is 23.5 Å². The largest absolute Gasteiger partial charge is 0.375 e. The zero-order valence-corrected chi connectivity index (χ0v) is 16.9. The molecule has 7 heteroatoms. The zero-order chi connectivity index (χ0) is 20.2. The molecule has 2 aliphatic heterocycles. The topological polar surface area (TPSA) is 61.5 Å². The SMILES string of the molecule is CC1CN(c2cc(=O)[nH]c(N3CCCCCC3Cc3ccc(F)cc3)n2)CCO1. The Labute approximate surface area is 170 Å². The lowest BCUT2D eigenvalue weighted by atomic mass is 10.0. The third kappa shape index (κ3) is 4.96.